The average molecular weight is 348 g/mol. The first-order valence-electron chi connectivity index (χ1n) is 8.73. The number of para-hydroxylation sites is 1. The highest BCUT2D eigenvalue weighted by Crippen LogP contribution is 2.37. The number of nitrogens with zero attached hydrogens (tertiary/aromatic N) is 1. The highest BCUT2D eigenvalue weighted by atomic mass is 32.2. The van der Waals surface area contributed by atoms with Crippen molar-refractivity contribution in [3.05, 3.63) is 24.3 Å². The molecule has 1 aromatic carbocycles. The van der Waals surface area contributed by atoms with Gasteiger partial charge in [-0.2, -0.15) is 0 Å². The van der Waals surface area contributed by atoms with E-state index in [1.54, 1.807) is 0 Å². The molecule has 2 heterocycles. The fourth-order valence-corrected chi connectivity index (χ4v) is 4.66. The van der Waals surface area contributed by atoms with E-state index in [9.17, 15) is 9.59 Å². The van der Waals surface area contributed by atoms with Gasteiger partial charge in [-0.05, 0) is 18.6 Å². The fraction of sp³-hybridized carbons (Fsp3) is 0.556. The summed E-state index contributed by atoms with van der Waals surface area (Å²) < 4.78 is 0. The van der Waals surface area contributed by atoms with E-state index in [2.05, 4.69) is 13.0 Å². The normalized spacial score (nSPS) is 27.2. The van der Waals surface area contributed by atoms with Crippen LogP contribution in [0.3, 0.4) is 0 Å². The second kappa shape index (κ2) is 7.57. The molecule has 3 rings (SSSR count). The largest absolute Gasteiger partial charge is 0.369 e. The van der Waals surface area contributed by atoms with Crippen LogP contribution in [0.1, 0.15) is 26.2 Å². The van der Waals surface area contributed by atoms with Gasteiger partial charge in [-0.25, -0.2) is 0 Å². The van der Waals surface area contributed by atoms with Gasteiger partial charge in [0.05, 0.1) is 18.8 Å². The lowest BCUT2D eigenvalue weighted by molar-refractivity contribution is -0.897. The molecule has 0 radical (unpaired) electrons. The van der Waals surface area contributed by atoms with Gasteiger partial charge in [0.1, 0.15) is 0 Å². The zero-order chi connectivity index (χ0) is 17.1. The van der Waals surface area contributed by atoms with Gasteiger partial charge >= 0.3 is 0 Å². The van der Waals surface area contributed by atoms with E-state index in [4.69, 9.17) is 5.73 Å². The van der Waals surface area contributed by atoms with Crippen molar-refractivity contribution in [2.45, 2.75) is 36.3 Å². The Morgan fingerprint density at radius 3 is 2.67 bits per heavy atom. The van der Waals surface area contributed by atoms with Crippen LogP contribution in [0.4, 0.5) is 5.69 Å². The summed E-state index contributed by atoms with van der Waals surface area (Å²) in [5.74, 6) is -0.0301. The van der Waals surface area contributed by atoms with Crippen LogP contribution in [0, 0.1) is 5.92 Å². The minimum atomic E-state index is -0.201. The zero-order valence-corrected chi connectivity index (χ0v) is 15.0. The number of nitrogens with one attached hydrogen (secondary N) is 1. The first-order valence-corrected chi connectivity index (χ1v) is 9.61. The molecule has 24 heavy (non-hydrogen) atoms. The Kier molecular flexibility index (Phi) is 5.46. The summed E-state index contributed by atoms with van der Waals surface area (Å²) in [6.07, 6.45) is 2.59. The second-order valence-electron chi connectivity index (χ2n) is 6.83. The van der Waals surface area contributed by atoms with E-state index in [0.717, 1.165) is 44.6 Å². The van der Waals surface area contributed by atoms with Gasteiger partial charge in [-0.1, -0.05) is 19.1 Å². The molecular weight excluding hydrogens is 322 g/mol. The molecule has 0 aromatic heterocycles. The van der Waals surface area contributed by atoms with Gasteiger partial charge in [-0.15, -0.1) is 11.8 Å². The number of piperidine rings is 1. The third-order valence-corrected chi connectivity index (χ3v) is 6.28. The van der Waals surface area contributed by atoms with Crippen molar-refractivity contribution in [1.29, 1.82) is 0 Å². The Bertz CT molecular complexity index is 614. The molecule has 1 atom stereocenters. The van der Waals surface area contributed by atoms with Crippen molar-refractivity contribution in [2.24, 2.45) is 11.7 Å². The number of primary amides is 1. The number of rotatable bonds is 3. The summed E-state index contributed by atoms with van der Waals surface area (Å²) in [7, 11) is 0. The zero-order valence-electron chi connectivity index (χ0n) is 14.2. The number of carbonyl (C=O) groups is 2. The first-order chi connectivity index (χ1) is 11.5. The summed E-state index contributed by atoms with van der Waals surface area (Å²) >= 11 is 1.85. The third-order valence-electron chi connectivity index (χ3n) is 5.04. The summed E-state index contributed by atoms with van der Waals surface area (Å²) in [6, 6.07) is 8.19. The summed E-state index contributed by atoms with van der Waals surface area (Å²) in [5.41, 5.74) is 6.43. The van der Waals surface area contributed by atoms with Crippen LogP contribution in [0.25, 0.3) is 0 Å². The predicted molar refractivity (Wildman–Crippen MR) is 96.2 cm³/mol. The van der Waals surface area contributed by atoms with E-state index in [1.165, 1.54) is 9.80 Å². The Balaban J connectivity index is 1.66. The number of amides is 2. The van der Waals surface area contributed by atoms with E-state index >= 15 is 0 Å². The van der Waals surface area contributed by atoms with E-state index in [1.807, 2.05) is 34.9 Å². The molecule has 2 aliphatic rings. The van der Waals surface area contributed by atoms with Gasteiger partial charge in [-0.3, -0.25) is 9.59 Å². The predicted octanol–water partition coefficient (Wildman–Crippen LogP) is 0.684. The summed E-state index contributed by atoms with van der Waals surface area (Å²) in [5, 5.41) is 0.516. The smallest absolute Gasteiger partial charge is 0.282 e. The molecule has 0 bridgehead atoms. The lowest BCUT2D eigenvalue weighted by Gasteiger charge is -2.29. The molecule has 0 spiro atoms. The Morgan fingerprint density at radius 1 is 1.25 bits per heavy atom. The molecule has 130 valence electrons. The minimum absolute atomic E-state index is 0.0139. The topological polar surface area (TPSA) is 67.8 Å². The monoisotopic (exact) mass is 348 g/mol. The molecule has 6 heteroatoms. The Morgan fingerprint density at radius 2 is 1.96 bits per heavy atom. The molecule has 1 aromatic rings. The molecular formula is C18H26N3O2S+. The lowest BCUT2D eigenvalue weighted by atomic mass is 9.96. The highest BCUT2D eigenvalue weighted by Gasteiger charge is 2.30. The molecule has 0 saturated carbocycles. The number of nitrogens with two attached hydrogens (primary N) is 1. The maximum absolute atomic E-state index is 12.9. The first kappa shape index (κ1) is 17.3. The van der Waals surface area contributed by atoms with Crippen molar-refractivity contribution in [3.8, 4) is 0 Å². The number of hydrogen-bond donors (Lipinski definition) is 2. The van der Waals surface area contributed by atoms with Crippen LogP contribution >= 0.6 is 11.8 Å². The van der Waals surface area contributed by atoms with Gasteiger partial charge in [0.2, 0.25) is 5.91 Å². The number of anilines is 1. The van der Waals surface area contributed by atoms with Crippen LogP contribution in [-0.4, -0.2) is 43.2 Å². The molecule has 0 unspecified atom stereocenters. The maximum atomic E-state index is 12.9. The van der Waals surface area contributed by atoms with Crippen LogP contribution in [0.2, 0.25) is 0 Å². The standard InChI is InChI=1S/C18H25N3O2S/c1-13-6-11-21(15-4-2-3-5-16(15)24-13)17(22)12-20-9-7-14(8-10-20)18(19)23/h2-5,13-14H,6-12H2,1H3,(H2,19,23)/p+1/t13-/m1/s1. The van der Waals surface area contributed by atoms with Gasteiger partial charge in [0, 0.05) is 35.4 Å². The fourth-order valence-electron chi connectivity index (χ4n) is 3.54. The number of thioether (sulfide) groups is 1. The van der Waals surface area contributed by atoms with Gasteiger partial charge in [0.15, 0.2) is 6.54 Å². The third kappa shape index (κ3) is 3.92. The summed E-state index contributed by atoms with van der Waals surface area (Å²) in [6.45, 7) is 5.19. The highest BCUT2D eigenvalue weighted by molar-refractivity contribution is 8.00. The molecule has 1 saturated heterocycles. The second-order valence-corrected chi connectivity index (χ2v) is 8.31. The minimum Gasteiger partial charge on any atom is -0.369 e. The van der Waals surface area contributed by atoms with E-state index in [-0.39, 0.29) is 17.7 Å². The quantitative estimate of drug-likeness (QED) is 0.844. The Labute approximate surface area is 147 Å². The van der Waals surface area contributed by atoms with Gasteiger partial charge in [0.25, 0.3) is 5.91 Å². The number of fused-ring (bicyclic) bond motifs is 1. The summed E-state index contributed by atoms with van der Waals surface area (Å²) in [4.78, 5) is 28.6. The van der Waals surface area contributed by atoms with Crippen LogP contribution in [-0.2, 0) is 9.59 Å². The Hall–Kier alpha value is -1.53. The van der Waals surface area contributed by atoms with Crippen molar-refractivity contribution < 1.29 is 14.5 Å². The van der Waals surface area contributed by atoms with Crippen LogP contribution < -0.4 is 15.5 Å². The van der Waals surface area contributed by atoms with Crippen LogP contribution in [0.15, 0.2) is 29.2 Å². The van der Waals surface area contributed by atoms with E-state index < -0.39 is 0 Å². The van der Waals surface area contributed by atoms with Crippen molar-refractivity contribution in [3.63, 3.8) is 0 Å². The molecule has 2 aliphatic heterocycles. The SMILES string of the molecule is C[C@@H]1CCN(C(=O)C[NH+]2CCC(C(N)=O)CC2)c2ccccc2S1. The van der Waals surface area contributed by atoms with Crippen molar-refractivity contribution >= 4 is 29.3 Å². The number of likely N-dealkylation sites (tertiary alicyclic amines) is 1. The molecule has 5 nitrogen and oxygen atoms in total. The molecule has 0 aliphatic carbocycles. The van der Waals surface area contributed by atoms with Crippen molar-refractivity contribution in [1.82, 2.24) is 0 Å². The number of benzene rings is 1. The maximum Gasteiger partial charge on any atom is 0.282 e. The number of hydrogen-bond acceptors (Lipinski definition) is 3. The number of carbonyl (C=O) groups excluding carboxylic acids is 2. The van der Waals surface area contributed by atoms with Gasteiger partial charge < -0.3 is 15.5 Å². The van der Waals surface area contributed by atoms with Crippen LogP contribution in [0.5, 0.6) is 0 Å². The number of quaternary nitrogens is 1. The lowest BCUT2D eigenvalue weighted by Crippen LogP contribution is -3.14. The molecule has 1 fully saturated rings. The average Bonchev–Trinajstić information content (AvgIpc) is 2.73. The molecule has 2 amide bonds. The van der Waals surface area contributed by atoms with Crippen molar-refractivity contribution in [2.75, 3.05) is 31.1 Å². The van der Waals surface area contributed by atoms with E-state index in [0.29, 0.717) is 11.8 Å². The molecule has 3 N–H and O–H groups in total.